The highest BCUT2D eigenvalue weighted by Gasteiger charge is 2.21. The van der Waals surface area contributed by atoms with Gasteiger partial charge in [-0.1, -0.05) is 19.8 Å². The molecule has 0 bridgehead atoms. The number of rotatable bonds is 6. The van der Waals surface area contributed by atoms with Gasteiger partial charge in [-0.3, -0.25) is 10.1 Å². The Morgan fingerprint density at radius 3 is 3.00 bits per heavy atom. The third-order valence-electron chi connectivity index (χ3n) is 3.05. The van der Waals surface area contributed by atoms with E-state index in [1.807, 2.05) is 13.0 Å². The van der Waals surface area contributed by atoms with Gasteiger partial charge >= 0.3 is 5.69 Å². The number of nitrogens with one attached hydrogen (secondary N) is 1. The molecule has 0 aliphatic carbocycles. The fourth-order valence-corrected chi connectivity index (χ4v) is 2.75. The van der Waals surface area contributed by atoms with Crippen molar-refractivity contribution in [2.24, 2.45) is 0 Å². The fraction of sp³-hybridized carbons (Fsp3) is 0.462. The Balaban J connectivity index is 2.31. The summed E-state index contributed by atoms with van der Waals surface area (Å²) in [5, 5.41) is 14.5. The van der Waals surface area contributed by atoms with Gasteiger partial charge in [0, 0.05) is 6.04 Å². The minimum Gasteiger partial charge on any atom is -0.377 e. The van der Waals surface area contributed by atoms with Crippen LogP contribution in [-0.4, -0.2) is 15.9 Å². The first kappa shape index (κ1) is 13.7. The van der Waals surface area contributed by atoms with Crippen LogP contribution in [0.5, 0.6) is 0 Å². The molecule has 0 spiro atoms. The molecule has 0 aliphatic heterocycles. The number of nitrogens with zero attached hydrogens (tertiary/aromatic N) is 2. The molecule has 1 atom stereocenters. The van der Waals surface area contributed by atoms with Gasteiger partial charge in [0.1, 0.15) is 5.69 Å². The summed E-state index contributed by atoms with van der Waals surface area (Å²) in [6, 6.07) is 3.88. The van der Waals surface area contributed by atoms with Crippen LogP contribution in [0.4, 0.5) is 11.4 Å². The van der Waals surface area contributed by atoms with E-state index in [1.165, 1.54) is 11.3 Å². The topological polar surface area (TPSA) is 68.1 Å². The van der Waals surface area contributed by atoms with Gasteiger partial charge in [-0.15, -0.1) is 11.3 Å². The molecule has 1 heterocycles. The smallest absolute Gasteiger partial charge is 0.319 e. The molecule has 5 nitrogen and oxygen atoms in total. The standard InChI is InChI=1S/C13H17N3O2S/c1-3-4-5-9(2)15-10-6-7-11-12(14-8-19-11)13(10)16(17)18/h6-9,15H,3-5H2,1-2H3. The largest absolute Gasteiger partial charge is 0.377 e. The van der Waals surface area contributed by atoms with Crippen LogP contribution in [0.15, 0.2) is 17.6 Å². The molecule has 0 radical (unpaired) electrons. The number of thiazole rings is 1. The van der Waals surface area contributed by atoms with E-state index < -0.39 is 0 Å². The van der Waals surface area contributed by atoms with Crippen LogP contribution in [0.25, 0.3) is 10.2 Å². The highest BCUT2D eigenvalue weighted by Crippen LogP contribution is 2.34. The highest BCUT2D eigenvalue weighted by atomic mass is 32.1. The van der Waals surface area contributed by atoms with Crippen molar-refractivity contribution < 1.29 is 4.92 Å². The van der Waals surface area contributed by atoms with Crippen molar-refractivity contribution in [2.45, 2.75) is 39.2 Å². The summed E-state index contributed by atoms with van der Waals surface area (Å²) in [6.07, 6.45) is 3.24. The summed E-state index contributed by atoms with van der Waals surface area (Å²) >= 11 is 1.42. The van der Waals surface area contributed by atoms with E-state index in [1.54, 1.807) is 11.6 Å². The van der Waals surface area contributed by atoms with Crippen LogP contribution in [0.1, 0.15) is 33.1 Å². The van der Waals surface area contributed by atoms with E-state index in [9.17, 15) is 10.1 Å². The Labute approximate surface area is 115 Å². The third-order valence-corrected chi connectivity index (χ3v) is 3.85. The van der Waals surface area contributed by atoms with Crippen molar-refractivity contribution >= 4 is 32.9 Å². The summed E-state index contributed by atoms with van der Waals surface area (Å²) < 4.78 is 0.846. The molecular weight excluding hydrogens is 262 g/mol. The zero-order valence-corrected chi connectivity index (χ0v) is 11.9. The van der Waals surface area contributed by atoms with Crippen molar-refractivity contribution in [1.29, 1.82) is 0 Å². The first-order chi connectivity index (χ1) is 9.13. The predicted molar refractivity (Wildman–Crippen MR) is 78.9 cm³/mol. The van der Waals surface area contributed by atoms with Crippen LogP contribution in [0, 0.1) is 10.1 Å². The number of nitro benzene ring substituents is 1. The van der Waals surface area contributed by atoms with Crippen LogP contribution in [0.2, 0.25) is 0 Å². The van der Waals surface area contributed by atoms with E-state index in [0.29, 0.717) is 11.2 Å². The maximum Gasteiger partial charge on any atom is 0.319 e. The third kappa shape index (κ3) is 3.01. The second-order valence-corrected chi connectivity index (χ2v) is 5.49. The number of nitro groups is 1. The van der Waals surface area contributed by atoms with E-state index >= 15 is 0 Å². The lowest BCUT2D eigenvalue weighted by molar-refractivity contribution is -0.382. The zero-order valence-electron chi connectivity index (χ0n) is 11.0. The maximum absolute atomic E-state index is 11.3. The van der Waals surface area contributed by atoms with Crippen LogP contribution in [0.3, 0.4) is 0 Å². The molecule has 2 rings (SSSR count). The maximum atomic E-state index is 11.3. The van der Waals surface area contributed by atoms with E-state index in [2.05, 4.69) is 17.2 Å². The van der Waals surface area contributed by atoms with E-state index in [4.69, 9.17) is 0 Å². The van der Waals surface area contributed by atoms with E-state index in [0.717, 1.165) is 24.0 Å². The molecule has 0 saturated carbocycles. The van der Waals surface area contributed by atoms with Crippen molar-refractivity contribution in [3.8, 4) is 0 Å². The summed E-state index contributed by atoms with van der Waals surface area (Å²) in [7, 11) is 0. The molecule has 0 fully saturated rings. The lowest BCUT2D eigenvalue weighted by Crippen LogP contribution is -2.15. The minimum atomic E-state index is -0.350. The van der Waals surface area contributed by atoms with Crippen molar-refractivity contribution in [1.82, 2.24) is 4.98 Å². The molecule has 1 unspecified atom stereocenters. The number of benzene rings is 1. The van der Waals surface area contributed by atoms with Gasteiger partial charge in [0.05, 0.1) is 15.1 Å². The summed E-state index contributed by atoms with van der Waals surface area (Å²) in [5.41, 5.74) is 2.76. The van der Waals surface area contributed by atoms with Gasteiger partial charge in [-0.2, -0.15) is 0 Å². The molecule has 102 valence electrons. The van der Waals surface area contributed by atoms with Gasteiger partial charge < -0.3 is 5.32 Å². The molecule has 2 aromatic rings. The highest BCUT2D eigenvalue weighted by molar-refractivity contribution is 7.16. The Kier molecular flexibility index (Phi) is 4.31. The molecule has 0 aliphatic rings. The molecule has 0 saturated heterocycles. The zero-order chi connectivity index (χ0) is 13.8. The lowest BCUT2D eigenvalue weighted by atomic mass is 10.1. The van der Waals surface area contributed by atoms with Crippen molar-refractivity contribution in [3.05, 3.63) is 27.8 Å². The second-order valence-electron chi connectivity index (χ2n) is 4.61. The lowest BCUT2D eigenvalue weighted by Gasteiger charge is -2.14. The summed E-state index contributed by atoms with van der Waals surface area (Å²) in [4.78, 5) is 15.0. The number of unbranched alkanes of at least 4 members (excludes halogenated alkanes) is 1. The molecular formula is C13H17N3O2S. The second kappa shape index (κ2) is 5.97. The number of hydrogen-bond donors (Lipinski definition) is 1. The molecule has 1 aromatic heterocycles. The number of fused-ring (bicyclic) bond motifs is 1. The Bertz CT molecular complexity index is 582. The minimum absolute atomic E-state index is 0.0853. The Hall–Kier alpha value is -1.69. The van der Waals surface area contributed by atoms with E-state index in [-0.39, 0.29) is 16.7 Å². The van der Waals surface area contributed by atoms with Crippen LogP contribution >= 0.6 is 11.3 Å². The summed E-state index contributed by atoms with van der Waals surface area (Å²) in [5.74, 6) is 0. The first-order valence-corrected chi connectivity index (χ1v) is 7.28. The Morgan fingerprint density at radius 2 is 2.32 bits per heavy atom. The molecule has 19 heavy (non-hydrogen) atoms. The predicted octanol–water partition coefficient (Wildman–Crippen LogP) is 4.20. The fourth-order valence-electron chi connectivity index (χ4n) is 2.07. The van der Waals surface area contributed by atoms with Crippen molar-refractivity contribution in [3.63, 3.8) is 0 Å². The van der Waals surface area contributed by atoms with Gasteiger partial charge in [-0.25, -0.2) is 4.98 Å². The van der Waals surface area contributed by atoms with Crippen LogP contribution < -0.4 is 5.32 Å². The average molecular weight is 279 g/mol. The monoisotopic (exact) mass is 279 g/mol. The molecule has 1 aromatic carbocycles. The SMILES string of the molecule is CCCCC(C)Nc1ccc2scnc2c1[N+](=O)[O-]. The van der Waals surface area contributed by atoms with Gasteiger partial charge in [0.15, 0.2) is 5.52 Å². The number of anilines is 1. The van der Waals surface area contributed by atoms with Crippen LogP contribution in [-0.2, 0) is 0 Å². The first-order valence-electron chi connectivity index (χ1n) is 6.40. The number of hydrogen-bond acceptors (Lipinski definition) is 5. The average Bonchev–Trinajstić information content (AvgIpc) is 2.83. The number of aromatic nitrogens is 1. The quantitative estimate of drug-likeness (QED) is 0.635. The normalized spacial score (nSPS) is 12.5. The molecule has 6 heteroatoms. The molecule has 0 amide bonds. The Morgan fingerprint density at radius 1 is 1.53 bits per heavy atom. The summed E-state index contributed by atoms with van der Waals surface area (Å²) in [6.45, 7) is 4.18. The molecule has 1 N–H and O–H groups in total. The van der Waals surface area contributed by atoms with Gasteiger partial charge in [-0.05, 0) is 25.5 Å². The van der Waals surface area contributed by atoms with Crippen molar-refractivity contribution in [2.75, 3.05) is 5.32 Å². The van der Waals surface area contributed by atoms with Gasteiger partial charge in [0.25, 0.3) is 0 Å². The van der Waals surface area contributed by atoms with Gasteiger partial charge in [0.2, 0.25) is 0 Å².